The molecule has 0 aliphatic heterocycles. The fourth-order valence-corrected chi connectivity index (χ4v) is 2.95. The van der Waals surface area contributed by atoms with Crippen LogP contribution in [0.3, 0.4) is 0 Å². The van der Waals surface area contributed by atoms with E-state index in [4.69, 9.17) is 27.6 Å². The zero-order valence-corrected chi connectivity index (χ0v) is 13.6. The number of sulfonamides is 1. The molecule has 2 aromatic heterocycles. The first kappa shape index (κ1) is 16.1. The number of aromatic nitrogens is 1. The lowest BCUT2D eigenvalue weighted by molar-refractivity contribution is 0.417. The summed E-state index contributed by atoms with van der Waals surface area (Å²) in [6, 6.07) is 4.63. The number of aryl methyl sites for hydroxylation is 1. The summed E-state index contributed by atoms with van der Waals surface area (Å²) in [5.74, 6) is 0.453. The second-order valence-electron chi connectivity index (χ2n) is 4.21. The SMILES string of the molecule is CNS(=O)(=O)c1ccc(CNc2c(C)cc(Cl)nc2Cl)o1. The van der Waals surface area contributed by atoms with Crippen molar-refractivity contribution in [2.75, 3.05) is 12.4 Å². The Kier molecular flexibility index (Phi) is 4.77. The molecule has 0 atom stereocenters. The number of halogens is 2. The minimum Gasteiger partial charge on any atom is -0.446 e. The van der Waals surface area contributed by atoms with Crippen molar-refractivity contribution >= 4 is 38.9 Å². The second kappa shape index (κ2) is 6.23. The summed E-state index contributed by atoms with van der Waals surface area (Å²) >= 11 is 11.8. The van der Waals surface area contributed by atoms with Crippen molar-refractivity contribution in [1.82, 2.24) is 9.71 Å². The largest absolute Gasteiger partial charge is 0.446 e. The Morgan fingerprint density at radius 1 is 1.33 bits per heavy atom. The number of anilines is 1. The van der Waals surface area contributed by atoms with Crippen LogP contribution in [0.1, 0.15) is 11.3 Å². The molecule has 0 saturated heterocycles. The quantitative estimate of drug-likeness (QED) is 0.810. The maximum atomic E-state index is 11.6. The standard InChI is InChI=1S/C12H13Cl2N3O3S/c1-7-5-9(13)17-12(14)11(7)16-6-8-3-4-10(20-8)21(18,19)15-2/h3-5,15-16H,6H2,1-2H3. The molecule has 0 aliphatic rings. The molecule has 2 aromatic rings. The van der Waals surface area contributed by atoms with E-state index in [2.05, 4.69) is 15.0 Å². The number of nitrogens with zero attached hydrogens (tertiary/aromatic N) is 1. The van der Waals surface area contributed by atoms with Gasteiger partial charge in [-0.25, -0.2) is 18.1 Å². The van der Waals surface area contributed by atoms with Crippen LogP contribution in [-0.4, -0.2) is 20.4 Å². The highest BCUT2D eigenvalue weighted by Gasteiger charge is 2.16. The maximum Gasteiger partial charge on any atom is 0.273 e. The smallest absolute Gasteiger partial charge is 0.273 e. The maximum absolute atomic E-state index is 11.6. The minimum absolute atomic E-state index is 0.140. The Balaban J connectivity index is 2.15. The number of hydrogen-bond acceptors (Lipinski definition) is 5. The molecule has 0 saturated carbocycles. The van der Waals surface area contributed by atoms with E-state index in [1.165, 1.54) is 13.1 Å². The average Bonchev–Trinajstić information content (AvgIpc) is 2.87. The van der Waals surface area contributed by atoms with Crippen molar-refractivity contribution in [1.29, 1.82) is 0 Å². The number of pyridine rings is 1. The molecule has 2 N–H and O–H groups in total. The van der Waals surface area contributed by atoms with Crippen LogP contribution in [0.2, 0.25) is 10.3 Å². The topological polar surface area (TPSA) is 84.2 Å². The molecule has 114 valence electrons. The highest BCUT2D eigenvalue weighted by Crippen LogP contribution is 2.27. The first-order valence-electron chi connectivity index (χ1n) is 5.92. The van der Waals surface area contributed by atoms with Gasteiger partial charge in [0.25, 0.3) is 10.0 Å². The normalized spacial score (nSPS) is 11.6. The lowest BCUT2D eigenvalue weighted by atomic mass is 10.2. The summed E-state index contributed by atoms with van der Waals surface area (Å²) in [5, 5.41) is 3.46. The van der Waals surface area contributed by atoms with Gasteiger partial charge in [0.2, 0.25) is 5.09 Å². The Bertz CT molecular complexity index is 736. The van der Waals surface area contributed by atoms with Crippen LogP contribution < -0.4 is 10.0 Å². The van der Waals surface area contributed by atoms with Crippen LogP contribution in [0.5, 0.6) is 0 Å². The van der Waals surface area contributed by atoms with Gasteiger partial charge in [-0.15, -0.1) is 0 Å². The fourth-order valence-electron chi connectivity index (χ4n) is 1.68. The molecule has 0 unspecified atom stereocenters. The van der Waals surface area contributed by atoms with Gasteiger partial charge in [-0.2, -0.15) is 0 Å². The van der Waals surface area contributed by atoms with E-state index >= 15 is 0 Å². The van der Waals surface area contributed by atoms with E-state index in [9.17, 15) is 8.42 Å². The lowest BCUT2D eigenvalue weighted by Gasteiger charge is -2.10. The van der Waals surface area contributed by atoms with Crippen molar-refractivity contribution in [3.8, 4) is 0 Å². The highest BCUT2D eigenvalue weighted by molar-refractivity contribution is 7.89. The Labute approximate surface area is 132 Å². The number of hydrogen-bond donors (Lipinski definition) is 2. The molecule has 0 aromatic carbocycles. The van der Waals surface area contributed by atoms with Crippen molar-refractivity contribution in [3.05, 3.63) is 39.8 Å². The molecule has 0 amide bonds. The van der Waals surface area contributed by atoms with Crippen LogP contribution in [0.4, 0.5) is 5.69 Å². The van der Waals surface area contributed by atoms with Gasteiger partial charge in [-0.05, 0) is 37.7 Å². The molecule has 21 heavy (non-hydrogen) atoms. The zero-order valence-electron chi connectivity index (χ0n) is 11.3. The molecule has 0 fully saturated rings. The van der Waals surface area contributed by atoms with E-state index in [1.807, 2.05) is 6.92 Å². The molecule has 0 radical (unpaired) electrons. The molecular formula is C12H13Cl2N3O3S. The van der Waals surface area contributed by atoms with Crippen molar-refractivity contribution in [2.24, 2.45) is 0 Å². The van der Waals surface area contributed by atoms with Gasteiger partial charge >= 0.3 is 0 Å². The van der Waals surface area contributed by atoms with E-state index in [1.54, 1.807) is 12.1 Å². The first-order valence-corrected chi connectivity index (χ1v) is 8.16. The summed E-state index contributed by atoms with van der Waals surface area (Å²) in [4.78, 5) is 3.94. The van der Waals surface area contributed by atoms with Crippen molar-refractivity contribution in [2.45, 2.75) is 18.6 Å². The fraction of sp³-hybridized carbons (Fsp3) is 0.250. The molecule has 2 heterocycles. The van der Waals surface area contributed by atoms with E-state index in [0.29, 0.717) is 16.6 Å². The number of furan rings is 1. The lowest BCUT2D eigenvalue weighted by Crippen LogP contribution is -2.17. The van der Waals surface area contributed by atoms with Crippen molar-refractivity contribution < 1.29 is 12.8 Å². The van der Waals surface area contributed by atoms with Gasteiger partial charge in [-0.3, -0.25) is 0 Å². The van der Waals surface area contributed by atoms with E-state index in [-0.39, 0.29) is 16.8 Å². The zero-order chi connectivity index (χ0) is 15.6. The summed E-state index contributed by atoms with van der Waals surface area (Å²) in [6.07, 6.45) is 0. The molecule has 9 heteroatoms. The Morgan fingerprint density at radius 2 is 2.05 bits per heavy atom. The van der Waals surface area contributed by atoms with Crippen LogP contribution in [0, 0.1) is 6.92 Å². The summed E-state index contributed by atoms with van der Waals surface area (Å²) in [6.45, 7) is 2.10. The minimum atomic E-state index is -3.58. The van der Waals surface area contributed by atoms with Gasteiger partial charge < -0.3 is 9.73 Å². The second-order valence-corrected chi connectivity index (χ2v) is 6.77. The van der Waals surface area contributed by atoms with Gasteiger partial charge in [0, 0.05) is 0 Å². The Hall–Kier alpha value is -1.28. The summed E-state index contributed by atoms with van der Waals surface area (Å²) in [5.41, 5.74) is 1.45. The molecule has 6 nitrogen and oxygen atoms in total. The molecule has 0 bridgehead atoms. The van der Waals surface area contributed by atoms with Crippen molar-refractivity contribution in [3.63, 3.8) is 0 Å². The third-order valence-electron chi connectivity index (χ3n) is 2.75. The number of nitrogens with one attached hydrogen (secondary N) is 2. The average molecular weight is 350 g/mol. The first-order chi connectivity index (χ1) is 9.83. The molecule has 0 aliphatic carbocycles. The Morgan fingerprint density at radius 3 is 2.67 bits per heavy atom. The monoisotopic (exact) mass is 349 g/mol. The van der Waals surface area contributed by atoms with Gasteiger partial charge in [0.15, 0.2) is 5.15 Å². The molecule has 0 spiro atoms. The van der Waals surface area contributed by atoms with Crippen LogP contribution in [0.15, 0.2) is 27.7 Å². The van der Waals surface area contributed by atoms with Crippen LogP contribution in [0.25, 0.3) is 0 Å². The van der Waals surface area contributed by atoms with E-state index in [0.717, 1.165) is 5.56 Å². The van der Waals surface area contributed by atoms with Gasteiger partial charge in [0.1, 0.15) is 10.9 Å². The van der Waals surface area contributed by atoms with E-state index < -0.39 is 10.0 Å². The van der Waals surface area contributed by atoms with Gasteiger partial charge in [0.05, 0.1) is 12.2 Å². The highest BCUT2D eigenvalue weighted by atomic mass is 35.5. The third kappa shape index (κ3) is 3.68. The summed E-state index contributed by atoms with van der Waals surface area (Å²) < 4.78 is 30.6. The predicted molar refractivity (Wildman–Crippen MR) is 81.3 cm³/mol. The van der Waals surface area contributed by atoms with Crippen LogP contribution in [-0.2, 0) is 16.6 Å². The summed E-state index contributed by atoms with van der Waals surface area (Å²) in [7, 11) is -2.26. The van der Waals surface area contributed by atoms with Gasteiger partial charge in [-0.1, -0.05) is 23.2 Å². The number of rotatable bonds is 5. The molecule has 2 rings (SSSR count). The molecular weight excluding hydrogens is 337 g/mol. The predicted octanol–water partition coefficient (Wildman–Crippen LogP) is 2.81. The third-order valence-corrected chi connectivity index (χ3v) is 4.50. The van der Waals surface area contributed by atoms with Crippen LogP contribution >= 0.6 is 23.2 Å².